The third-order valence-electron chi connectivity index (χ3n) is 3.15. The lowest BCUT2D eigenvalue weighted by molar-refractivity contribution is -0.137. The summed E-state index contributed by atoms with van der Waals surface area (Å²) in [5, 5.41) is 3.13. The zero-order valence-electron chi connectivity index (χ0n) is 9.76. The third-order valence-corrected chi connectivity index (χ3v) is 3.15. The molecule has 1 saturated heterocycles. The highest BCUT2D eigenvalue weighted by Gasteiger charge is 2.31. The lowest BCUT2D eigenvalue weighted by atomic mass is 9.96. The molecule has 0 aromatic heterocycles. The van der Waals surface area contributed by atoms with Crippen molar-refractivity contribution in [2.45, 2.75) is 19.0 Å². The predicted molar refractivity (Wildman–Crippen MR) is 61.4 cm³/mol. The Balaban J connectivity index is 2.10. The average Bonchev–Trinajstić information content (AvgIpc) is 2.81. The molecular weight excluding hydrogens is 243 g/mol. The number of Topliss-reactive ketones (excluding diaryl/α,β-unsaturated/α-hetero) is 1. The van der Waals surface area contributed by atoms with Crippen molar-refractivity contribution < 1.29 is 18.0 Å². The Labute approximate surface area is 103 Å². The number of benzene rings is 1. The number of carbonyl (C=O) groups is 1. The van der Waals surface area contributed by atoms with Crippen molar-refractivity contribution in [2.24, 2.45) is 5.92 Å². The Morgan fingerprint density at radius 1 is 1.39 bits per heavy atom. The number of hydrogen-bond donors (Lipinski definition) is 1. The summed E-state index contributed by atoms with van der Waals surface area (Å²) in [6.45, 7) is 1.64. The van der Waals surface area contributed by atoms with Crippen LogP contribution in [0.3, 0.4) is 0 Å². The number of carbonyl (C=O) groups excluding carboxylic acids is 1. The topological polar surface area (TPSA) is 29.1 Å². The van der Waals surface area contributed by atoms with Gasteiger partial charge in [0.2, 0.25) is 0 Å². The molecule has 1 aromatic rings. The number of halogens is 3. The van der Waals surface area contributed by atoms with Gasteiger partial charge in [-0.1, -0.05) is 12.1 Å². The van der Waals surface area contributed by atoms with E-state index < -0.39 is 11.7 Å². The summed E-state index contributed by atoms with van der Waals surface area (Å²) in [5.41, 5.74) is -0.616. The highest BCUT2D eigenvalue weighted by Crippen LogP contribution is 2.30. The highest BCUT2D eigenvalue weighted by molar-refractivity contribution is 5.96. The quantitative estimate of drug-likeness (QED) is 0.843. The van der Waals surface area contributed by atoms with E-state index in [0.29, 0.717) is 6.42 Å². The van der Waals surface area contributed by atoms with Crippen LogP contribution in [0.4, 0.5) is 13.2 Å². The van der Waals surface area contributed by atoms with Gasteiger partial charge in [-0.05, 0) is 37.6 Å². The minimum Gasteiger partial charge on any atom is -0.316 e. The van der Waals surface area contributed by atoms with Crippen LogP contribution in [0.1, 0.15) is 28.8 Å². The van der Waals surface area contributed by atoms with Gasteiger partial charge in [-0.15, -0.1) is 0 Å². The van der Waals surface area contributed by atoms with Gasteiger partial charge in [-0.25, -0.2) is 0 Å². The van der Waals surface area contributed by atoms with E-state index in [4.69, 9.17) is 0 Å². The van der Waals surface area contributed by atoms with Gasteiger partial charge in [0.25, 0.3) is 0 Å². The van der Waals surface area contributed by atoms with E-state index in [1.165, 1.54) is 12.1 Å². The zero-order valence-corrected chi connectivity index (χ0v) is 9.76. The zero-order chi connectivity index (χ0) is 13.2. The average molecular weight is 257 g/mol. The molecule has 1 aliphatic heterocycles. The molecule has 1 aromatic carbocycles. The Morgan fingerprint density at radius 2 is 2.17 bits per heavy atom. The molecule has 1 heterocycles. The van der Waals surface area contributed by atoms with Crippen molar-refractivity contribution in [3.05, 3.63) is 35.4 Å². The third kappa shape index (κ3) is 3.10. The van der Waals surface area contributed by atoms with E-state index in [2.05, 4.69) is 5.32 Å². The minimum absolute atomic E-state index is 0.150. The Kier molecular flexibility index (Phi) is 3.71. The molecule has 2 nitrogen and oxygen atoms in total. The molecular formula is C13H14F3NO. The van der Waals surface area contributed by atoms with E-state index >= 15 is 0 Å². The van der Waals surface area contributed by atoms with Crippen LogP contribution in [0.15, 0.2) is 24.3 Å². The van der Waals surface area contributed by atoms with Crippen LogP contribution in [0.25, 0.3) is 0 Å². The van der Waals surface area contributed by atoms with Crippen LogP contribution >= 0.6 is 0 Å². The maximum Gasteiger partial charge on any atom is 0.416 e. The van der Waals surface area contributed by atoms with E-state index in [1.54, 1.807) is 0 Å². The molecule has 0 bridgehead atoms. The summed E-state index contributed by atoms with van der Waals surface area (Å²) in [6.07, 6.45) is -3.18. The molecule has 0 radical (unpaired) electrons. The van der Waals surface area contributed by atoms with Crippen LogP contribution in [-0.4, -0.2) is 18.9 Å². The van der Waals surface area contributed by atoms with E-state index in [9.17, 15) is 18.0 Å². The predicted octanol–water partition coefficient (Wildman–Crippen LogP) is 2.89. The van der Waals surface area contributed by atoms with Gasteiger partial charge in [-0.3, -0.25) is 4.79 Å². The van der Waals surface area contributed by atoms with E-state index in [0.717, 1.165) is 31.6 Å². The summed E-state index contributed by atoms with van der Waals surface area (Å²) < 4.78 is 37.5. The molecule has 5 heteroatoms. The van der Waals surface area contributed by atoms with E-state index in [1.807, 2.05) is 0 Å². The second-order valence-corrected chi connectivity index (χ2v) is 4.56. The molecule has 1 atom stereocenters. The molecule has 1 aliphatic rings. The summed E-state index contributed by atoms with van der Waals surface area (Å²) in [5.74, 6) is 0.0295. The maximum atomic E-state index is 12.5. The fraction of sp³-hybridized carbons (Fsp3) is 0.462. The largest absolute Gasteiger partial charge is 0.416 e. The van der Waals surface area contributed by atoms with Crippen LogP contribution in [0, 0.1) is 5.92 Å². The minimum atomic E-state index is -4.40. The molecule has 2 rings (SSSR count). The Hall–Kier alpha value is -1.36. The van der Waals surface area contributed by atoms with E-state index in [-0.39, 0.29) is 17.3 Å². The van der Waals surface area contributed by atoms with Crippen molar-refractivity contribution >= 4 is 5.78 Å². The van der Waals surface area contributed by atoms with Crippen LogP contribution in [0.2, 0.25) is 0 Å². The molecule has 0 amide bonds. The lowest BCUT2D eigenvalue weighted by Gasteiger charge is -2.10. The first kappa shape index (κ1) is 13.1. The number of rotatable bonds is 3. The van der Waals surface area contributed by atoms with Crippen LogP contribution < -0.4 is 5.32 Å². The molecule has 18 heavy (non-hydrogen) atoms. The number of nitrogens with one attached hydrogen (secondary N) is 1. The summed E-state index contributed by atoms with van der Waals surface area (Å²) in [7, 11) is 0. The SMILES string of the molecule is O=C(CC1CCNC1)c1cccc(C(F)(F)F)c1. The molecule has 1 N–H and O–H groups in total. The summed E-state index contributed by atoms with van der Waals surface area (Å²) in [4.78, 5) is 11.9. The lowest BCUT2D eigenvalue weighted by Crippen LogP contribution is -2.13. The summed E-state index contributed by atoms with van der Waals surface area (Å²) >= 11 is 0. The highest BCUT2D eigenvalue weighted by atomic mass is 19.4. The fourth-order valence-electron chi connectivity index (χ4n) is 2.14. The van der Waals surface area contributed by atoms with Crippen molar-refractivity contribution in [1.82, 2.24) is 5.32 Å². The molecule has 1 unspecified atom stereocenters. The van der Waals surface area contributed by atoms with Crippen molar-refractivity contribution in [2.75, 3.05) is 13.1 Å². The Bertz CT molecular complexity index is 436. The van der Waals surface area contributed by atoms with Crippen molar-refractivity contribution in [1.29, 1.82) is 0 Å². The molecule has 0 saturated carbocycles. The second kappa shape index (κ2) is 5.10. The van der Waals surface area contributed by atoms with Gasteiger partial charge in [0, 0.05) is 12.0 Å². The number of hydrogen-bond acceptors (Lipinski definition) is 2. The second-order valence-electron chi connectivity index (χ2n) is 4.56. The monoisotopic (exact) mass is 257 g/mol. The molecule has 0 spiro atoms. The molecule has 1 fully saturated rings. The van der Waals surface area contributed by atoms with Crippen LogP contribution in [-0.2, 0) is 6.18 Å². The molecule has 98 valence electrons. The number of ketones is 1. The van der Waals surface area contributed by atoms with Gasteiger partial charge >= 0.3 is 6.18 Å². The first-order valence-electron chi connectivity index (χ1n) is 5.88. The fourth-order valence-corrected chi connectivity index (χ4v) is 2.14. The van der Waals surface area contributed by atoms with Crippen molar-refractivity contribution in [3.8, 4) is 0 Å². The smallest absolute Gasteiger partial charge is 0.316 e. The van der Waals surface area contributed by atoms with Gasteiger partial charge in [-0.2, -0.15) is 13.2 Å². The first-order chi connectivity index (χ1) is 8.47. The maximum absolute atomic E-state index is 12.5. The van der Waals surface area contributed by atoms with Gasteiger partial charge in [0.05, 0.1) is 5.56 Å². The van der Waals surface area contributed by atoms with Crippen molar-refractivity contribution in [3.63, 3.8) is 0 Å². The molecule has 0 aliphatic carbocycles. The summed E-state index contributed by atoms with van der Waals surface area (Å²) in [6, 6.07) is 4.64. The van der Waals surface area contributed by atoms with Gasteiger partial charge < -0.3 is 5.32 Å². The normalized spacial score (nSPS) is 20.1. The van der Waals surface area contributed by atoms with Gasteiger partial charge in [0.15, 0.2) is 5.78 Å². The standard InChI is InChI=1S/C13H14F3NO/c14-13(15,16)11-3-1-2-10(7-11)12(18)6-9-4-5-17-8-9/h1-3,7,9,17H,4-6,8H2. The Morgan fingerprint density at radius 3 is 2.78 bits per heavy atom. The first-order valence-corrected chi connectivity index (χ1v) is 5.88. The van der Waals surface area contributed by atoms with Gasteiger partial charge in [0.1, 0.15) is 0 Å². The van der Waals surface area contributed by atoms with Crippen LogP contribution in [0.5, 0.6) is 0 Å². The number of alkyl halides is 3.